The van der Waals surface area contributed by atoms with E-state index < -0.39 is 12.0 Å². The van der Waals surface area contributed by atoms with Crippen molar-refractivity contribution in [3.8, 4) is 0 Å². The number of nitrogens with zero attached hydrogens (tertiary/aromatic N) is 2. The minimum Gasteiger partial charge on any atom is -0.459 e. The zero-order valence-electron chi connectivity index (χ0n) is 20.5. The number of carbonyl (C=O) groups is 2. The number of aromatic nitrogens is 1. The van der Waals surface area contributed by atoms with Gasteiger partial charge < -0.3 is 10.1 Å². The van der Waals surface area contributed by atoms with E-state index in [1.807, 2.05) is 55.6 Å². The van der Waals surface area contributed by atoms with Gasteiger partial charge in [0.25, 0.3) is 11.5 Å². The number of anilines is 1. The molecule has 3 aromatic rings. The predicted octanol–water partition coefficient (Wildman–Crippen LogP) is 3.54. The van der Waals surface area contributed by atoms with Crippen molar-refractivity contribution in [2.45, 2.75) is 44.7 Å². The van der Waals surface area contributed by atoms with E-state index in [4.69, 9.17) is 4.74 Å². The lowest BCUT2D eigenvalue weighted by Gasteiger charge is -2.25. The molecule has 5 rings (SSSR count). The molecule has 0 spiro atoms. The maximum Gasteiger partial charge on any atom is 0.338 e. The van der Waals surface area contributed by atoms with Crippen molar-refractivity contribution in [1.29, 1.82) is 0 Å². The molecule has 0 unspecified atom stereocenters. The van der Waals surface area contributed by atoms with Gasteiger partial charge >= 0.3 is 5.97 Å². The highest BCUT2D eigenvalue weighted by Crippen LogP contribution is 2.33. The number of esters is 1. The number of fused-ring (bicyclic) bond motifs is 2. The van der Waals surface area contributed by atoms with Crippen LogP contribution in [0.4, 0.5) is 5.69 Å². The van der Waals surface area contributed by atoms with Crippen molar-refractivity contribution >= 4 is 46.2 Å². The van der Waals surface area contributed by atoms with Crippen LogP contribution in [-0.4, -0.2) is 28.8 Å². The number of hydrogen-bond donors (Lipinski definition) is 1. The van der Waals surface area contributed by atoms with Gasteiger partial charge in [0.2, 0.25) is 0 Å². The minimum atomic E-state index is -0.723. The quantitative estimate of drug-likeness (QED) is 0.421. The van der Waals surface area contributed by atoms with E-state index in [2.05, 4.69) is 10.3 Å². The normalized spacial score (nSPS) is 18.1. The highest BCUT2D eigenvalue weighted by molar-refractivity contribution is 7.98. The lowest BCUT2D eigenvalue weighted by molar-refractivity contribution is -0.143. The van der Waals surface area contributed by atoms with Crippen molar-refractivity contribution in [3.05, 3.63) is 90.1 Å². The minimum absolute atomic E-state index is 0.299. The molecule has 1 aromatic heterocycles. The van der Waals surface area contributed by atoms with Gasteiger partial charge in [0.05, 0.1) is 29.0 Å². The SMILES string of the molecule is CSc1ccc([C@@H]2C(C(=O)OC(C)C)=C(C)N=c3s/c(=C4/C(=O)Nc5ccc(C)cc54)c(=O)n32)cc1. The Bertz CT molecular complexity index is 1630. The topological polar surface area (TPSA) is 89.8 Å². The molecule has 3 heterocycles. The van der Waals surface area contributed by atoms with Crippen LogP contribution in [0.25, 0.3) is 5.57 Å². The molecular formula is C27H25N3O4S2. The Hall–Kier alpha value is -3.43. The van der Waals surface area contributed by atoms with Crippen molar-refractivity contribution in [2.24, 2.45) is 4.99 Å². The van der Waals surface area contributed by atoms with Gasteiger partial charge in [-0.15, -0.1) is 11.8 Å². The van der Waals surface area contributed by atoms with E-state index in [1.54, 1.807) is 32.5 Å². The largest absolute Gasteiger partial charge is 0.459 e. The van der Waals surface area contributed by atoms with E-state index in [1.165, 1.54) is 15.9 Å². The van der Waals surface area contributed by atoms with E-state index in [0.717, 1.165) is 16.0 Å². The van der Waals surface area contributed by atoms with Crippen LogP contribution in [0.5, 0.6) is 0 Å². The monoisotopic (exact) mass is 519 g/mol. The smallest absolute Gasteiger partial charge is 0.338 e. The van der Waals surface area contributed by atoms with Gasteiger partial charge in [-0.25, -0.2) is 9.79 Å². The summed E-state index contributed by atoms with van der Waals surface area (Å²) >= 11 is 2.77. The van der Waals surface area contributed by atoms with Crippen LogP contribution in [0.1, 0.15) is 43.5 Å². The fourth-order valence-corrected chi connectivity index (χ4v) is 6.07. The highest BCUT2D eigenvalue weighted by Gasteiger charge is 2.35. The summed E-state index contributed by atoms with van der Waals surface area (Å²) in [5.74, 6) is -0.834. The summed E-state index contributed by atoms with van der Waals surface area (Å²) in [6.45, 7) is 7.26. The average molecular weight is 520 g/mol. The molecule has 0 fully saturated rings. The Morgan fingerprint density at radius 2 is 1.86 bits per heavy atom. The molecular weight excluding hydrogens is 494 g/mol. The molecule has 1 amide bonds. The van der Waals surface area contributed by atoms with Crippen molar-refractivity contribution in [3.63, 3.8) is 0 Å². The number of amides is 1. The molecule has 7 nitrogen and oxygen atoms in total. The van der Waals surface area contributed by atoms with Gasteiger partial charge in [-0.2, -0.15) is 0 Å². The number of aryl methyl sites for hydroxylation is 1. The van der Waals surface area contributed by atoms with E-state index in [0.29, 0.717) is 37.4 Å². The molecule has 0 radical (unpaired) electrons. The Balaban J connectivity index is 1.80. The maximum absolute atomic E-state index is 14.0. The number of thiazole rings is 1. The first-order valence-electron chi connectivity index (χ1n) is 11.5. The fourth-order valence-electron chi connectivity index (χ4n) is 4.52. The zero-order chi connectivity index (χ0) is 25.7. The first kappa shape index (κ1) is 24.3. The molecule has 9 heteroatoms. The summed E-state index contributed by atoms with van der Waals surface area (Å²) in [5, 5.41) is 2.86. The van der Waals surface area contributed by atoms with Crippen molar-refractivity contribution in [2.75, 3.05) is 11.6 Å². The fraction of sp³-hybridized carbons (Fsp3) is 0.259. The number of allylic oxidation sites excluding steroid dienone is 1. The molecule has 1 N–H and O–H groups in total. The molecule has 2 aliphatic heterocycles. The van der Waals surface area contributed by atoms with Gasteiger partial charge in [-0.05, 0) is 63.8 Å². The van der Waals surface area contributed by atoms with Crippen LogP contribution < -0.4 is 20.2 Å². The molecule has 0 saturated heterocycles. The maximum atomic E-state index is 14.0. The van der Waals surface area contributed by atoms with Crippen LogP contribution in [0.3, 0.4) is 0 Å². The third-order valence-corrected chi connectivity index (χ3v) is 7.94. The average Bonchev–Trinajstić information content (AvgIpc) is 3.32. The second-order valence-electron chi connectivity index (χ2n) is 9.01. The van der Waals surface area contributed by atoms with Crippen molar-refractivity contribution < 1.29 is 14.3 Å². The van der Waals surface area contributed by atoms with Gasteiger partial charge in [-0.3, -0.25) is 14.2 Å². The molecule has 0 aliphatic carbocycles. The summed E-state index contributed by atoms with van der Waals surface area (Å²) in [4.78, 5) is 46.3. The number of rotatable bonds is 4. The zero-order valence-corrected chi connectivity index (χ0v) is 22.2. The molecule has 2 aliphatic rings. The Morgan fingerprint density at radius 1 is 1.14 bits per heavy atom. The summed E-state index contributed by atoms with van der Waals surface area (Å²) in [6.07, 6.45) is 1.66. The predicted molar refractivity (Wildman–Crippen MR) is 142 cm³/mol. The second kappa shape index (κ2) is 9.22. The van der Waals surface area contributed by atoms with Gasteiger partial charge in [0.1, 0.15) is 4.53 Å². The van der Waals surface area contributed by atoms with Crippen LogP contribution in [0.2, 0.25) is 0 Å². The van der Waals surface area contributed by atoms with Gasteiger partial charge in [-0.1, -0.05) is 35.1 Å². The lowest BCUT2D eigenvalue weighted by atomic mass is 9.96. The first-order chi connectivity index (χ1) is 17.2. The number of hydrogen-bond acceptors (Lipinski definition) is 7. The number of thioether (sulfide) groups is 1. The molecule has 184 valence electrons. The summed E-state index contributed by atoms with van der Waals surface area (Å²) < 4.78 is 7.37. The van der Waals surface area contributed by atoms with Crippen LogP contribution in [-0.2, 0) is 14.3 Å². The third-order valence-electron chi connectivity index (χ3n) is 6.14. The second-order valence-corrected chi connectivity index (χ2v) is 10.9. The molecule has 36 heavy (non-hydrogen) atoms. The lowest BCUT2D eigenvalue weighted by Crippen LogP contribution is -2.40. The van der Waals surface area contributed by atoms with Gasteiger partial charge in [0, 0.05) is 16.1 Å². The van der Waals surface area contributed by atoms with Gasteiger partial charge in [0.15, 0.2) is 4.80 Å². The molecule has 1 atom stereocenters. The molecule has 0 bridgehead atoms. The molecule has 0 saturated carbocycles. The van der Waals surface area contributed by atoms with E-state index in [9.17, 15) is 14.4 Å². The van der Waals surface area contributed by atoms with Crippen LogP contribution in [0, 0.1) is 6.92 Å². The van der Waals surface area contributed by atoms with Crippen LogP contribution >= 0.6 is 23.1 Å². The third kappa shape index (κ3) is 4.02. The van der Waals surface area contributed by atoms with Crippen molar-refractivity contribution in [1.82, 2.24) is 4.57 Å². The standard InChI is InChI=1S/C27H25N3O4S2/c1-13(2)34-26(33)20-15(4)28-27-30(22(20)16-7-9-17(35-5)10-8-16)25(32)23(36-27)21-18-12-14(3)6-11-19(18)29-24(21)31/h6-13,22H,1-5H3,(H,29,31)/b23-21+/t22-/m1/s1. The summed E-state index contributed by atoms with van der Waals surface area (Å²) in [5.41, 5.74) is 3.90. The summed E-state index contributed by atoms with van der Waals surface area (Å²) in [6, 6.07) is 12.7. The number of carbonyl (C=O) groups excluding carboxylic acids is 2. The number of ether oxygens (including phenoxy) is 1. The Morgan fingerprint density at radius 3 is 2.53 bits per heavy atom. The van der Waals surface area contributed by atoms with E-state index in [-0.39, 0.29) is 17.6 Å². The highest BCUT2D eigenvalue weighted by atomic mass is 32.2. The Kier molecular flexibility index (Phi) is 6.22. The first-order valence-corrected chi connectivity index (χ1v) is 13.6. The molecule has 2 aromatic carbocycles. The van der Waals surface area contributed by atoms with E-state index >= 15 is 0 Å². The summed E-state index contributed by atoms with van der Waals surface area (Å²) in [7, 11) is 0. The van der Waals surface area contributed by atoms with Crippen LogP contribution in [0.15, 0.2) is 68.4 Å². The number of benzene rings is 2. The number of nitrogens with one attached hydrogen (secondary N) is 1. The Labute approximate surface area is 216 Å².